The molecule has 1 saturated carbocycles. The van der Waals surface area contributed by atoms with E-state index in [4.69, 9.17) is 33.2 Å². The molecule has 4 atom stereocenters. The molecule has 3 aliphatic heterocycles. The number of hydrogen-bond acceptors (Lipinski definition) is 12. The van der Waals surface area contributed by atoms with E-state index >= 15 is 0 Å². The molecule has 3 aromatic rings. The first-order chi connectivity index (χ1) is 24.0. The van der Waals surface area contributed by atoms with Gasteiger partial charge in [-0.3, -0.25) is 9.69 Å². The van der Waals surface area contributed by atoms with E-state index in [0.29, 0.717) is 53.6 Å². The van der Waals surface area contributed by atoms with E-state index in [0.717, 1.165) is 29.8 Å². The van der Waals surface area contributed by atoms with Crippen molar-refractivity contribution >= 4 is 12.1 Å². The van der Waals surface area contributed by atoms with Crippen LogP contribution in [0.4, 0.5) is 4.79 Å². The number of hydrogen-bond donors (Lipinski definition) is 0. The van der Waals surface area contributed by atoms with Crippen LogP contribution in [0.1, 0.15) is 60.0 Å². The zero-order valence-electron chi connectivity index (χ0n) is 28.0. The summed E-state index contributed by atoms with van der Waals surface area (Å²) in [7, 11) is 4.68. The molecule has 0 bridgehead atoms. The average Bonchev–Trinajstić information content (AvgIpc) is 3.97. The van der Waals surface area contributed by atoms with Gasteiger partial charge in [0.05, 0.1) is 46.1 Å². The van der Waals surface area contributed by atoms with E-state index in [1.165, 1.54) is 25.7 Å². The van der Waals surface area contributed by atoms with Crippen molar-refractivity contribution in [1.29, 1.82) is 0 Å². The predicted octanol–water partition coefficient (Wildman–Crippen LogP) is 3.75. The quantitative estimate of drug-likeness (QED) is 0.322. The lowest BCUT2D eigenvalue weighted by Gasteiger charge is -2.39. The lowest BCUT2D eigenvalue weighted by molar-refractivity contribution is -0.141. The number of benzene rings is 2. The number of fused-ring (bicyclic) bond motifs is 3. The first kappa shape index (κ1) is 31.5. The Labute approximate surface area is 284 Å². The Balaban J connectivity index is 1.08. The highest BCUT2D eigenvalue weighted by atomic mass is 16.7. The van der Waals surface area contributed by atoms with Crippen molar-refractivity contribution in [2.24, 2.45) is 11.8 Å². The zero-order chi connectivity index (χ0) is 33.6. The third kappa shape index (κ3) is 5.55. The third-order valence-corrected chi connectivity index (χ3v) is 10.8. The second-order valence-corrected chi connectivity index (χ2v) is 13.2. The topological polar surface area (TPSA) is 136 Å². The SMILES string of the molecule is COc1cc([C@@H]2c3cc4c(cc3[C@@H](n3cc(COC(=O)N5CCN(C6CCCC6)CC5)nn3)[C@H]3COC(=O)[C@H]23)OCO4)cc(OC)c1OC. The van der Waals surface area contributed by atoms with E-state index in [-0.39, 0.29) is 38.0 Å². The Morgan fingerprint density at radius 2 is 1.59 bits per heavy atom. The molecule has 1 amide bonds. The summed E-state index contributed by atoms with van der Waals surface area (Å²) in [5.74, 6) is 1.04. The predicted molar refractivity (Wildman–Crippen MR) is 172 cm³/mol. The van der Waals surface area contributed by atoms with Crippen molar-refractivity contribution < 1.29 is 42.7 Å². The molecule has 49 heavy (non-hydrogen) atoms. The highest BCUT2D eigenvalue weighted by Crippen LogP contribution is 2.56. The first-order valence-electron chi connectivity index (χ1n) is 16.9. The van der Waals surface area contributed by atoms with Gasteiger partial charge in [0.1, 0.15) is 12.3 Å². The van der Waals surface area contributed by atoms with Gasteiger partial charge in [0, 0.05) is 44.1 Å². The number of ether oxygens (including phenoxy) is 7. The molecule has 260 valence electrons. The van der Waals surface area contributed by atoms with Crippen LogP contribution < -0.4 is 23.7 Å². The van der Waals surface area contributed by atoms with Crippen LogP contribution >= 0.6 is 0 Å². The van der Waals surface area contributed by atoms with Crippen LogP contribution in [0.5, 0.6) is 28.7 Å². The maximum atomic E-state index is 13.6. The van der Waals surface area contributed by atoms with Crippen molar-refractivity contribution in [2.75, 3.05) is 60.9 Å². The highest BCUT2D eigenvalue weighted by Gasteiger charge is 2.53. The van der Waals surface area contributed by atoms with Crippen molar-refractivity contribution in [3.05, 3.63) is 52.8 Å². The van der Waals surface area contributed by atoms with Crippen LogP contribution in [0.3, 0.4) is 0 Å². The summed E-state index contributed by atoms with van der Waals surface area (Å²) in [6.07, 6.45) is 6.53. The van der Waals surface area contributed by atoms with Gasteiger partial charge in [-0.1, -0.05) is 18.1 Å². The Bertz CT molecular complexity index is 1710. The van der Waals surface area contributed by atoms with Crippen molar-refractivity contribution in [2.45, 2.75) is 50.3 Å². The standard InChI is InChI=1S/C35H41N5O9/c1-43-28-12-20(13-29(44-2)33(28)45-3)30-23-14-26-27(49-19-48-26)15-24(23)32(25-18-46-34(41)31(25)30)40-16-21(36-37-40)17-47-35(42)39-10-8-38(9-11-39)22-6-4-5-7-22/h12-16,22,25,30-32H,4-11,17-19H2,1-3H3/t25-,30+,31-,32+/m0/s1. The monoisotopic (exact) mass is 675 g/mol. The minimum atomic E-state index is -0.561. The van der Waals surface area contributed by atoms with Crippen LogP contribution in [0, 0.1) is 11.8 Å². The highest BCUT2D eigenvalue weighted by molar-refractivity contribution is 5.79. The van der Waals surface area contributed by atoms with Crippen molar-refractivity contribution in [3.8, 4) is 28.7 Å². The molecule has 0 unspecified atom stereocenters. The minimum absolute atomic E-state index is 0.0139. The van der Waals surface area contributed by atoms with E-state index in [1.54, 1.807) is 37.1 Å². The Hall–Kier alpha value is -4.72. The summed E-state index contributed by atoms with van der Waals surface area (Å²) < 4.78 is 41.7. The fraction of sp³-hybridized carbons (Fsp3) is 0.543. The normalized spacial score (nSPS) is 24.7. The summed E-state index contributed by atoms with van der Waals surface area (Å²) in [5.41, 5.74) is 3.07. The molecule has 5 aliphatic rings. The van der Waals surface area contributed by atoms with Crippen LogP contribution in [0.15, 0.2) is 30.5 Å². The van der Waals surface area contributed by atoms with Gasteiger partial charge in [0.2, 0.25) is 12.5 Å². The third-order valence-electron chi connectivity index (χ3n) is 10.8. The van der Waals surface area contributed by atoms with Crippen molar-refractivity contribution in [3.63, 3.8) is 0 Å². The summed E-state index contributed by atoms with van der Waals surface area (Å²) >= 11 is 0. The number of carbonyl (C=O) groups excluding carboxylic acids is 2. The van der Waals surface area contributed by atoms with Gasteiger partial charge in [0.15, 0.2) is 23.0 Å². The molecule has 14 nitrogen and oxygen atoms in total. The molecule has 8 rings (SSSR count). The van der Waals surface area contributed by atoms with E-state index < -0.39 is 17.9 Å². The van der Waals surface area contributed by atoms with E-state index in [1.807, 2.05) is 24.3 Å². The molecular formula is C35H41N5O9. The first-order valence-corrected chi connectivity index (χ1v) is 16.9. The van der Waals surface area contributed by atoms with Gasteiger partial charge in [0.25, 0.3) is 0 Å². The summed E-state index contributed by atoms with van der Waals surface area (Å²) in [6.45, 7) is 3.33. The number of nitrogens with zero attached hydrogens (tertiary/aromatic N) is 5. The Morgan fingerprint density at radius 1 is 0.898 bits per heavy atom. The largest absolute Gasteiger partial charge is 0.493 e. The zero-order valence-corrected chi connectivity index (χ0v) is 28.0. The summed E-state index contributed by atoms with van der Waals surface area (Å²) in [5, 5.41) is 8.87. The number of aromatic nitrogens is 3. The number of rotatable bonds is 8. The minimum Gasteiger partial charge on any atom is -0.493 e. The Kier molecular flexibility index (Phi) is 8.34. The van der Waals surface area contributed by atoms with Crippen LogP contribution in [0.25, 0.3) is 0 Å². The molecule has 2 saturated heterocycles. The lowest BCUT2D eigenvalue weighted by atomic mass is 9.65. The molecule has 14 heteroatoms. The van der Waals surface area contributed by atoms with E-state index in [2.05, 4.69) is 15.2 Å². The second-order valence-electron chi connectivity index (χ2n) is 13.2. The number of methoxy groups -OCH3 is 3. The van der Waals surface area contributed by atoms with Crippen LogP contribution in [-0.2, 0) is 20.9 Å². The molecule has 0 radical (unpaired) electrons. The van der Waals surface area contributed by atoms with Crippen molar-refractivity contribution in [1.82, 2.24) is 24.8 Å². The van der Waals surface area contributed by atoms with E-state index in [9.17, 15) is 9.59 Å². The molecule has 0 N–H and O–H groups in total. The van der Waals surface area contributed by atoms with Gasteiger partial charge >= 0.3 is 12.1 Å². The second kappa shape index (κ2) is 13.0. The molecule has 1 aromatic heterocycles. The number of piperazine rings is 1. The molecular weight excluding hydrogens is 634 g/mol. The fourth-order valence-electron chi connectivity index (χ4n) is 8.43. The number of cyclic esters (lactones) is 1. The lowest BCUT2D eigenvalue weighted by Crippen LogP contribution is -2.51. The summed E-state index contributed by atoms with van der Waals surface area (Å²) in [4.78, 5) is 30.9. The van der Waals surface area contributed by atoms with Crippen LogP contribution in [-0.4, -0.2) is 104 Å². The maximum absolute atomic E-state index is 13.6. The van der Waals surface area contributed by atoms with Gasteiger partial charge in [-0.05, 0) is 53.8 Å². The molecule has 4 heterocycles. The van der Waals surface area contributed by atoms with Crippen LogP contribution in [0.2, 0.25) is 0 Å². The number of amides is 1. The van der Waals surface area contributed by atoms with Gasteiger partial charge in [-0.25, -0.2) is 9.48 Å². The molecule has 0 spiro atoms. The fourth-order valence-corrected chi connectivity index (χ4v) is 8.43. The molecule has 2 aromatic carbocycles. The van der Waals surface area contributed by atoms with Gasteiger partial charge < -0.3 is 38.1 Å². The number of esters is 1. The van der Waals surface area contributed by atoms with Gasteiger partial charge in [-0.2, -0.15) is 0 Å². The Morgan fingerprint density at radius 3 is 2.27 bits per heavy atom. The molecule has 3 fully saturated rings. The number of carbonyl (C=O) groups is 2. The average molecular weight is 676 g/mol. The van der Waals surface area contributed by atoms with Gasteiger partial charge in [-0.15, -0.1) is 5.10 Å². The molecule has 2 aliphatic carbocycles. The summed E-state index contributed by atoms with van der Waals surface area (Å²) in [6, 6.07) is 7.88. The smallest absolute Gasteiger partial charge is 0.410 e. The maximum Gasteiger partial charge on any atom is 0.410 e.